The van der Waals surface area contributed by atoms with E-state index in [1.807, 2.05) is 67.6 Å². The lowest BCUT2D eigenvalue weighted by atomic mass is 10.0. The maximum atomic E-state index is 11.6. The summed E-state index contributed by atoms with van der Waals surface area (Å²) in [5, 5.41) is 2.69. The van der Waals surface area contributed by atoms with Gasteiger partial charge in [-0.15, -0.1) is 0 Å². The third kappa shape index (κ3) is 5.72. The number of alkyl carbamates (subject to hydrolysis) is 1. The lowest BCUT2D eigenvalue weighted by Gasteiger charge is -2.06. The van der Waals surface area contributed by atoms with Gasteiger partial charge in [-0.25, -0.2) is 4.79 Å². The number of benzene rings is 2. The van der Waals surface area contributed by atoms with Crippen LogP contribution in [-0.2, 0) is 11.3 Å². The van der Waals surface area contributed by atoms with E-state index in [1.165, 1.54) is 0 Å². The summed E-state index contributed by atoms with van der Waals surface area (Å²) in [7, 11) is 0. The second-order valence-electron chi connectivity index (χ2n) is 5.43. The molecule has 0 bridgehead atoms. The normalized spacial score (nSPS) is 10.5. The fourth-order valence-corrected chi connectivity index (χ4v) is 2.19. The van der Waals surface area contributed by atoms with Gasteiger partial charge in [0.25, 0.3) is 0 Å². The number of rotatable bonds is 7. The Morgan fingerprint density at radius 1 is 1.12 bits per heavy atom. The van der Waals surface area contributed by atoms with E-state index in [4.69, 9.17) is 4.74 Å². The first kappa shape index (κ1) is 17.5. The number of aryl methyl sites for hydroxylation is 1. The molecule has 0 atom stereocenters. The number of carbonyl (C=O) groups excluding carboxylic acids is 2. The zero-order chi connectivity index (χ0) is 17.2. The fraction of sp³-hybridized carbons (Fsp3) is 0.200. The molecule has 0 saturated carbocycles. The van der Waals surface area contributed by atoms with Crippen LogP contribution in [0.1, 0.15) is 33.5 Å². The van der Waals surface area contributed by atoms with Crippen molar-refractivity contribution in [1.29, 1.82) is 0 Å². The minimum atomic E-state index is -0.434. The van der Waals surface area contributed by atoms with Gasteiger partial charge < -0.3 is 10.1 Å². The number of amides is 1. The van der Waals surface area contributed by atoms with E-state index >= 15 is 0 Å². The number of hydrogen-bond donors (Lipinski definition) is 1. The lowest BCUT2D eigenvalue weighted by molar-refractivity contribution is 0.112. The van der Waals surface area contributed by atoms with Crippen molar-refractivity contribution in [2.45, 2.75) is 20.0 Å². The van der Waals surface area contributed by atoms with Crippen LogP contribution in [0.4, 0.5) is 4.79 Å². The molecule has 2 rings (SSSR count). The summed E-state index contributed by atoms with van der Waals surface area (Å²) in [5.41, 5.74) is 3.55. The van der Waals surface area contributed by atoms with Crippen LogP contribution in [0.5, 0.6) is 0 Å². The predicted octanol–water partition coefficient (Wildman–Crippen LogP) is 4.14. The molecule has 4 nitrogen and oxygen atoms in total. The van der Waals surface area contributed by atoms with Gasteiger partial charge in [0.05, 0.1) is 0 Å². The molecule has 0 fully saturated rings. The number of ether oxygens (including phenoxy) is 1. The molecule has 2 aromatic rings. The molecule has 1 amide bonds. The van der Waals surface area contributed by atoms with E-state index in [-0.39, 0.29) is 6.61 Å². The van der Waals surface area contributed by atoms with Crippen LogP contribution in [0.2, 0.25) is 0 Å². The molecule has 2 aromatic carbocycles. The largest absolute Gasteiger partial charge is 0.445 e. The average molecular weight is 323 g/mol. The first-order chi connectivity index (χ1) is 11.7. The van der Waals surface area contributed by atoms with Gasteiger partial charge in [-0.05, 0) is 30.5 Å². The molecule has 24 heavy (non-hydrogen) atoms. The molecule has 124 valence electrons. The Balaban J connectivity index is 1.70. The van der Waals surface area contributed by atoms with Gasteiger partial charge in [-0.2, -0.15) is 0 Å². The number of carbonyl (C=O) groups is 2. The Morgan fingerprint density at radius 3 is 2.67 bits per heavy atom. The van der Waals surface area contributed by atoms with Gasteiger partial charge in [0.1, 0.15) is 6.61 Å². The quantitative estimate of drug-likeness (QED) is 0.615. The SMILES string of the molecule is Cc1ccc(C=CCCNC(=O)OCc2ccccc2)c(C=O)c1. The summed E-state index contributed by atoms with van der Waals surface area (Å²) >= 11 is 0. The molecule has 0 aliphatic heterocycles. The highest BCUT2D eigenvalue weighted by atomic mass is 16.5. The van der Waals surface area contributed by atoms with Crippen molar-refractivity contribution in [2.75, 3.05) is 6.54 Å². The Kier molecular flexibility index (Phi) is 6.77. The first-order valence-electron chi connectivity index (χ1n) is 7.86. The summed E-state index contributed by atoms with van der Waals surface area (Å²) in [6, 6.07) is 15.3. The van der Waals surface area contributed by atoms with Gasteiger partial charge in [0, 0.05) is 12.1 Å². The van der Waals surface area contributed by atoms with E-state index in [0.29, 0.717) is 18.5 Å². The van der Waals surface area contributed by atoms with Gasteiger partial charge in [0.15, 0.2) is 6.29 Å². The fourth-order valence-electron chi connectivity index (χ4n) is 2.19. The summed E-state index contributed by atoms with van der Waals surface area (Å²) in [5.74, 6) is 0. The van der Waals surface area contributed by atoms with E-state index in [1.54, 1.807) is 0 Å². The lowest BCUT2D eigenvalue weighted by Crippen LogP contribution is -2.24. The molecule has 0 aliphatic rings. The molecule has 1 N–H and O–H groups in total. The molecular formula is C20H21NO3. The van der Waals surface area contributed by atoms with E-state index < -0.39 is 6.09 Å². The molecule has 0 aromatic heterocycles. The maximum Gasteiger partial charge on any atom is 0.407 e. The van der Waals surface area contributed by atoms with Crippen LogP contribution in [0.25, 0.3) is 6.08 Å². The highest BCUT2D eigenvalue weighted by Crippen LogP contribution is 2.11. The minimum Gasteiger partial charge on any atom is -0.445 e. The summed E-state index contributed by atoms with van der Waals surface area (Å²) in [6.07, 6.45) is 4.89. The van der Waals surface area contributed by atoms with E-state index in [0.717, 1.165) is 23.0 Å². The third-order valence-electron chi connectivity index (χ3n) is 3.46. The standard InChI is InChI=1S/C20H21NO3/c1-16-10-11-18(19(13-16)14-22)9-5-6-12-21-20(23)24-15-17-7-3-2-4-8-17/h2-5,7-11,13-14H,6,12,15H2,1H3,(H,21,23). The Labute approximate surface area is 142 Å². The second kappa shape index (κ2) is 9.30. The molecule has 0 radical (unpaired) electrons. The van der Waals surface area contributed by atoms with Crippen molar-refractivity contribution in [3.8, 4) is 0 Å². The smallest absolute Gasteiger partial charge is 0.407 e. The highest BCUT2D eigenvalue weighted by molar-refractivity contribution is 5.82. The number of hydrogen-bond acceptors (Lipinski definition) is 3. The molecule has 0 heterocycles. The summed E-state index contributed by atoms with van der Waals surface area (Å²) in [4.78, 5) is 22.6. The molecule has 4 heteroatoms. The summed E-state index contributed by atoms with van der Waals surface area (Å²) in [6.45, 7) is 2.69. The van der Waals surface area contributed by atoms with E-state index in [2.05, 4.69) is 5.32 Å². The minimum absolute atomic E-state index is 0.259. The maximum absolute atomic E-state index is 11.6. The highest BCUT2D eigenvalue weighted by Gasteiger charge is 2.01. The Morgan fingerprint density at radius 2 is 1.92 bits per heavy atom. The van der Waals surface area contributed by atoms with E-state index in [9.17, 15) is 9.59 Å². The number of nitrogens with one attached hydrogen (secondary N) is 1. The zero-order valence-electron chi connectivity index (χ0n) is 13.7. The van der Waals surface area contributed by atoms with Crippen molar-refractivity contribution in [2.24, 2.45) is 0 Å². The topological polar surface area (TPSA) is 55.4 Å². The molecule has 0 saturated heterocycles. The van der Waals surface area contributed by atoms with Crippen LogP contribution in [0.3, 0.4) is 0 Å². The Bertz CT molecular complexity index is 708. The van der Waals surface area contributed by atoms with Crippen molar-refractivity contribution < 1.29 is 14.3 Å². The predicted molar refractivity (Wildman–Crippen MR) is 94.8 cm³/mol. The Hall–Kier alpha value is -2.88. The van der Waals surface area contributed by atoms with Crippen LogP contribution in [0.15, 0.2) is 54.6 Å². The first-order valence-corrected chi connectivity index (χ1v) is 7.86. The van der Waals surface area contributed by atoms with Crippen molar-refractivity contribution >= 4 is 18.5 Å². The second-order valence-corrected chi connectivity index (χ2v) is 5.43. The van der Waals surface area contributed by atoms with Crippen molar-refractivity contribution in [3.05, 3.63) is 76.9 Å². The monoisotopic (exact) mass is 323 g/mol. The van der Waals surface area contributed by atoms with Crippen LogP contribution in [-0.4, -0.2) is 18.9 Å². The van der Waals surface area contributed by atoms with Crippen molar-refractivity contribution in [1.82, 2.24) is 5.32 Å². The van der Waals surface area contributed by atoms with Gasteiger partial charge in [-0.3, -0.25) is 4.79 Å². The molecular weight excluding hydrogens is 302 g/mol. The molecule has 0 spiro atoms. The zero-order valence-corrected chi connectivity index (χ0v) is 13.7. The van der Waals surface area contributed by atoms with Gasteiger partial charge in [-0.1, -0.05) is 60.2 Å². The number of aldehydes is 1. The van der Waals surface area contributed by atoms with Crippen molar-refractivity contribution in [3.63, 3.8) is 0 Å². The summed E-state index contributed by atoms with van der Waals surface area (Å²) < 4.78 is 5.12. The van der Waals surface area contributed by atoms with Gasteiger partial charge >= 0.3 is 6.09 Å². The molecule has 0 unspecified atom stereocenters. The van der Waals surface area contributed by atoms with Crippen LogP contribution >= 0.6 is 0 Å². The van der Waals surface area contributed by atoms with Crippen LogP contribution < -0.4 is 5.32 Å². The molecule has 0 aliphatic carbocycles. The van der Waals surface area contributed by atoms with Crippen LogP contribution in [0, 0.1) is 6.92 Å². The third-order valence-corrected chi connectivity index (χ3v) is 3.46. The average Bonchev–Trinajstić information content (AvgIpc) is 2.61. The van der Waals surface area contributed by atoms with Gasteiger partial charge in [0.2, 0.25) is 0 Å².